The first-order chi connectivity index (χ1) is 9.54. The molecular formula is C13H16O7. The van der Waals surface area contributed by atoms with E-state index in [1.165, 1.54) is 6.07 Å². The first-order valence-corrected chi connectivity index (χ1v) is 6.10. The van der Waals surface area contributed by atoms with Gasteiger partial charge in [-0.15, -0.1) is 0 Å². The molecule has 0 radical (unpaired) electrons. The van der Waals surface area contributed by atoms with Gasteiger partial charge in [0.05, 0.1) is 18.8 Å². The Bertz CT molecular complexity index is 476. The summed E-state index contributed by atoms with van der Waals surface area (Å²) < 4.78 is 10.4. The molecule has 0 amide bonds. The highest BCUT2D eigenvalue weighted by molar-refractivity contribution is 5.89. The number of carboxylic acid groups (broad SMARTS) is 1. The molecule has 1 aliphatic heterocycles. The smallest absolute Gasteiger partial charge is 0.336 e. The third kappa shape index (κ3) is 2.97. The maximum atomic E-state index is 11.0. The number of carbonyl (C=O) groups is 1. The lowest BCUT2D eigenvalue weighted by molar-refractivity contribution is -0.175. The summed E-state index contributed by atoms with van der Waals surface area (Å²) in [6, 6.07) is 6.30. The Morgan fingerprint density at radius 1 is 1.25 bits per heavy atom. The van der Waals surface area contributed by atoms with Crippen LogP contribution in [0.4, 0.5) is 0 Å². The van der Waals surface area contributed by atoms with Crippen molar-refractivity contribution in [1.29, 1.82) is 0 Å². The van der Waals surface area contributed by atoms with Crippen LogP contribution in [0, 0.1) is 0 Å². The number of hydrogen-bond acceptors (Lipinski definition) is 6. The molecule has 20 heavy (non-hydrogen) atoms. The lowest BCUT2D eigenvalue weighted by atomic mass is 10.1. The summed E-state index contributed by atoms with van der Waals surface area (Å²) >= 11 is 0. The minimum absolute atomic E-state index is 0.0882. The topological polar surface area (TPSA) is 116 Å². The van der Waals surface area contributed by atoms with E-state index in [9.17, 15) is 15.0 Å². The van der Waals surface area contributed by atoms with Crippen molar-refractivity contribution >= 4 is 5.97 Å². The van der Waals surface area contributed by atoms with E-state index in [-0.39, 0.29) is 12.2 Å². The fraction of sp³-hybridized carbons (Fsp3) is 0.462. The van der Waals surface area contributed by atoms with E-state index in [2.05, 4.69) is 0 Å². The Balaban J connectivity index is 2.01. The first kappa shape index (κ1) is 14.9. The summed E-state index contributed by atoms with van der Waals surface area (Å²) in [6.07, 6.45) is -4.54. The molecule has 7 nitrogen and oxygen atoms in total. The van der Waals surface area contributed by atoms with Crippen LogP contribution in [0.5, 0.6) is 0 Å². The van der Waals surface area contributed by atoms with Crippen LogP contribution in [-0.4, -0.2) is 57.6 Å². The number of benzene rings is 1. The van der Waals surface area contributed by atoms with Crippen molar-refractivity contribution in [3.63, 3.8) is 0 Å². The number of rotatable bonds is 5. The van der Waals surface area contributed by atoms with Gasteiger partial charge >= 0.3 is 5.97 Å². The van der Waals surface area contributed by atoms with Gasteiger partial charge in [-0.25, -0.2) is 4.79 Å². The van der Waals surface area contributed by atoms with Crippen LogP contribution in [-0.2, 0) is 16.1 Å². The van der Waals surface area contributed by atoms with Crippen LogP contribution in [0.1, 0.15) is 15.9 Å². The highest BCUT2D eigenvalue weighted by atomic mass is 16.7. The molecule has 110 valence electrons. The van der Waals surface area contributed by atoms with Gasteiger partial charge in [0.25, 0.3) is 0 Å². The van der Waals surface area contributed by atoms with Crippen LogP contribution in [0.25, 0.3) is 0 Å². The van der Waals surface area contributed by atoms with Crippen molar-refractivity contribution in [2.45, 2.75) is 31.2 Å². The maximum Gasteiger partial charge on any atom is 0.336 e. The Kier molecular flexibility index (Phi) is 4.69. The van der Waals surface area contributed by atoms with Crippen molar-refractivity contribution in [3.8, 4) is 0 Å². The molecule has 0 spiro atoms. The van der Waals surface area contributed by atoms with Crippen molar-refractivity contribution in [2.75, 3.05) is 6.61 Å². The summed E-state index contributed by atoms with van der Waals surface area (Å²) in [5, 5.41) is 37.2. The second-order valence-electron chi connectivity index (χ2n) is 4.48. The molecular weight excluding hydrogens is 268 g/mol. The van der Waals surface area contributed by atoms with Gasteiger partial charge in [-0.3, -0.25) is 0 Å². The van der Waals surface area contributed by atoms with Gasteiger partial charge in [-0.1, -0.05) is 18.2 Å². The minimum atomic E-state index is -1.29. The predicted molar refractivity (Wildman–Crippen MR) is 66.0 cm³/mol. The molecule has 1 saturated heterocycles. The van der Waals surface area contributed by atoms with Crippen molar-refractivity contribution < 1.29 is 34.7 Å². The van der Waals surface area contributed by atoms with Crippen LogP contribution in [0.3, 0.4) is 0 Å². The van der Waals surface area contributed by atoms with Crippen LogP contribution in [0.2, 0.25) is 0 Å². The fourth-order valence-electron chi connectivity index (χ4n) is 2.03. The molecule has 0 bridgehead atoms. The summed E-state index contributed by atoms with van der Waals surface area (Å²) in [4.78, 5) is 11.0. The van der Waals surface area contributed by atoms with E-state index < -0.39 is 37.2 Å². The predicted octanol–water partition coefficient (Wildman–Crippen LogP) is -0.660. The van der Waals surface area contributed by atoms with Gasteiger partial charge in [-0.05, 0) is 11.6 Å². The lowest BCUT2D eigenvalue weighted by Gasteiger charge is -2.16. The lowest BCUT2D eigenvalue weighted by Crippen LogP contribution is -2.34. The van der Waals surface area contributed by atoms with E-state index in [1.807, 2.05) is 0 Å². The molecule has 4 N–H and O–H groups in total. The van der Waals surface area contributed by atoms with Crippen molar-refractivity contribution in [2.24, 2.45) is 0 Å². The number of carboxylic acids is 1. The molecule has 7 heteroatoms. The van der Waals surface area contributed by atoms with Gasteiger partial charge < -0.3 is 29.9 Å². The number of hydrogen-bond donors (Lipinski definition) is 4. The third-order valence-electron chi connectivity index (χ3n) is 3.15. The molecule has 0 aliphatic carbocycles. The Hall–Kier alpha value is -1.51. The highest BCUT2D eigenvalue weighted by Gasteiger charge is 2.43. The third-order valence-corrected chi connectivity index (χ3v) is 3.15. The normalized spacial score (nSPS) is 29.6. The second-order valence-corrected chi connectivity index (χ2v) is 4.48. The molecule has 2 rings (SSSR count). The highest BCUT2D eigenvalue weighted by Crippen LogP contribution is 2.23. The van der Waals surface area contributed by atoms with Gasteiger partial charge in [0.2, 0.25) is 0 Å². The number of aliphatic hydroxyl groups excluding tert-OH is 3. The van der Waals surface area contributed by atoms with Gasteiger partial charge in [0.15, 0.2) is 6.29 Å². The molecule has 1 fully saturated rings. The first-order valence-electron chi connectivity index (χ1n) is 6.10. The van der Waals surface area contributed by atoms with E-state index in [0.717, 1.165) is 0 Å². The van der Waals surface area contributed by atoms with Crippen LogP contribution >= 0.6 is 0 Å². The standard InChI is InChI=1S/C13H16O7/c14-5-9-10(15)11(16)13(20-9)19-6-7-3-1-2-4-8(7)12(17)18/h1-4,9-11,13-16H,5-6H2,(H,17,18)/t9-,10-,11+,13?/m1/s1. The number of aliphatic hydroxyl groups is 3. The molecule has 0 saturated carbocycles. The minimum Gasteiger partial charge on any atom is -0.478 e. The zero-order chi connectivity index (χ0) is 14.7. The van der Waals surface area contributed by atoms with Gasteiger partial charge in [0.1, 0.15) is 18.3 Å². The molecule has 4 atom stereocenters. The van der Waals surface area contributed by atoms with E-state index in [1.54, 1.807) is 18.2 Å². The molecule has 1 aromatic carbocycles. The van der Waals surface area contributed by atoms with E-state index >= 15 is 0 Å². The van der Waals surface area contributed by atoms with Crippen LogP contribution in [0.15, 0.2) is 24.3 Å². The Morgan fingerprint density at radius 2 is 1.95 bits per heavy atom. The van der Waals surface area contributed by atoms with Crippen molar-refractivity contribution in [3.05, 3.63) is 35.4 Å². The summed E-state index contributed by atoms with van der Waals surface area (Å²) in [7, 11) is 0. The zero-order valence-electron chi connectivity index (χ0n) is 10.5. The molecule has 1 unspecified atom stereocenters. The maximum absolute atomic E-state index is 11.0. The largest absolute Gasteiger partial charge is 0.478 e. The van der Waals surface area contributed by atoms with Gasteiger partial charge in [-0.2, -0.15) is 0 Å². The monoisotopic (exact) mass is 284 g/mol. The molecule has 1 aliphatic rings. The average Bonchev–Trinajstić information content (AvgIpc) is 2.72. The summed E-state index contributed by atoms with van der Waals surface area (Å²) in [5.74, 6) is -1.08. The van der Waals surface area contributed by atoms with Crippen LogP contribution < -0.4 is 0 Å². The SMILES string of the molecule is O=C(O)c1ccccc1COC1O[C@H](CO)[C@@H](O)[C@@H]1O. The molecule has 0 aromatic heterocycles. The Labute approximate surface area is 115 Å². The van der Waals surface area contributed by atoms with E-state index in [4.69, 9.17) is 19.7 Å². The molecule has 1 heterocycles. The number of ether oxygens (including phenoxy) is 2. The zero-order valence-corrected chi connectivity index (χ0v) is 10.5. The van der Waals surface area contributed by atoms with Gasteiger partial charge in [0, 0.05) is 0 Å². The average molecular weight is 284 g/mol. The summed E-state index contributed by atoms with van der Waals surface area (Å²) in [6.45, 7) is -0.529. The van der Waals surface area contributed by atoms with E-state index in [0.29, 0.717) is 5.56 Å². The Morgan fingerprint density at radius 3 is 2.55 bits per heavy atom. The molecule has 1 aromatic rings. The number of aromatic carboxylic acids is 1. The summed E-state index contributed by atoms with van der Waals surface area (Å²) in [5.41, 5.74) is 0.525. The second kappa shape index (κ2) is 6.29. The quantitative estimate of drug-likeness (QED) is 0.567. The fourth-order valence-corrected chi connectivity index (χ4v) is 2.03. The van der Waals surface area contributed by atoms with Crippen molar-refractivity contribution in [1.82, 2.24) is 0 Å².